The fraction of sp³-hybridized carbons (Fsp3) is 0.462. The van der Waals surface area contributed by atoms with E-state index in [1.807, 2.05) is 18.0 Å². The first-order valence-electron chi connectivity index (χ1n) is 5.59. The average molecular weight is 219 g/mol. The highest BCUT2D eigenvalue weighted by Gasteiger charge is 2.31. The number of aliphatic carboxylic acids is 1. The highest BCUT2D eigenvalue weighted by molar-refractivity contribution is 5.82. The van der Waals surface area contributed by atoms with Gasteiger partial charge in [0.1, 0.15) is 6.04 Å². The summed E-state index contributed by atoms with van der Waals surface area (Å²) in [5.41, 5.74) is 3.48. The van der Waals surface area contributed by atoms with Gasteiger partial charge in [-0.3, -0.25) is 0 Å². The van der Waals surface area contributed by atoms with Crippen LogP contribution in [0.25, 0.3) is 0 Å². The molecular weight excluding hydrogens is 202 g/mol. The molecule has 1 aliphatic heterocycles. The van der Waals surface area contributed by atoms with Crippen LogP contribution in [0.4, 0.5) is 5.69 Å². The van der Waals surface area contributed by atoms with Crippen LogP contribution in [0.5, 0.6) is 0 Å². The van der Waals surface area contributed by atoms with E-state index >= 15 is 0 Å². The third-order valence-electron chi connectivity index (χ3n) is 3.32. The molecule has 1 aliphatic rings. The van der Waals surface area contributed by atoms with Crippen molar-refractivity contribution in [2.45, 2.75) is 32.2 Å². The number of hydrogen-bond donors (Lipinski definition) is 1. The summed E-state index contributed by atoms with van der Waals surface area (Å²) < 4.78 is 0. The third kappa shape index (κ3) is 1.66. The summed E-state index contributed by atoms with van der Waals surface area (Å²) in [4.78, 5) is 12.9. The third-order valence-corrected chi connectivity index (χ3v) is 3.32. The van der Waals surface area contributed by atoms with Gasteiger partial charge < -0.3 is 10.0 Å². The molecule has 0 aliphatic carbocycles. The molecule has 0 fully saturated rings. The number of rotatable bonds is 2. The molecule has 1 aromatic rings. The molecule has 1 unspecified atom stereocenters. The minimum Gasteiger partial charge on any atom is -0.480 e. The summed E-state index contributed by atoms with van der Waals surface area (Å²) in [7, 11) is 1.85. The van der Waals surface area contributed by atoms with Crippen LogP contribution in [0.2, 0.25) is 0 Å². The van der Waals surface area contributed by atoms with E-state index in [9.17, 15) is 4.79 Å². The molecule has 0 amide bonds. The second kappa shape index (κ2) is 3.81. The molecular formula is C13H17NO2. The molecule has 1 atom stereocenters. The zero-order chi connectivity index (χ0) is 11.9. The first-order valence-corrected chi connectivity index (χ1v) is 5.59. The molecule has 0 spiro atoms. The lowest BCUT2D eigenvalue weighted by Crippen LogP contribution is -2.35. The zero-order valence-electron chi connectivity index (χ0n) is 9.90. The summed E-state index contributed by atoms with van der Waals surface area (Å²) in [6, 6.07) is 5.86. The molecule has 0 bridgehead atoms. The average Bonchev–Trinajstić information content (AvgIpc) is 2.55. The SMILES string of the molecule is CC(C)c1ccc2c(c1)CC(C(=O)O)N2C. The molecule has 3 nitrogen and oxygen atoms in total. The summed E-state index contributed by atoms with van der Waals surface area (Å²) in [6.07, 6.45) is 0.613. The highest BCUT2D eigenvalue weighted by atomic mass is 16.4. The number of carbonyl (C=O) groups is 1. The Morgan fingerprint density at radius 2 is 2.19 bits per heavy atom. The lowest BCUT2D eigenvalue weighted by molar-refractivity contribution is -0.138. The van der Waals surface area contributed by atoms with Crippen molar-refractivity contribution >= 4 is 11.7 Å². The fourth-order valence-corrected chi connectivity index (χ4v) is 2.24. The largest absolute Gasteiger partial charge is 0.480 e. The molecule has 0 radical (unpaired) electrons. The van der Waals surface area contributed by atoms with E-state index in [1.165, 1.54) is 5.56 Å². The first-order chi connectivity index (χ1) is 7.50. The van der Waals surface area contributed by atoms with Crippen molar-refractivity contribution in [2.75, 3.05) is 11.9 Å². The number of benzene rings is 1. The predicted octanol–water partition coefficient (Wildman–Crippen LogP) is 2.26. The number of hydrogen-bond acceptors (Lipinski definition) is 2. The van der Waals surface area contributed by atoms with E-state index in [2.05, 4.69) is 26.0 Å². The van der Waals surface area contributed by atoms with Crippen molar-refractivity contribution in [2.24, 2.45) is 0 Å². The summed E-state index contributed by atoms with van der Waals surface area (Å²) in [5, 5.41) is 9.09. The number of carboxylic acids is 1. The molecule has 16 heavy (non-hydrogen) atoms. The van der Waals surface area contributed by atoms with Gasteiger partial charge in [-0.2, -0.15) is 0 Å². The molecule has 1 aromatic carbocycles. The predicted molar refractivity (Wildman–Crippen MR) is 64.1 cm³/mol. The van der Waals surface area contributed by atoms with Gasteiger partial charge in [-0.25, -0.2) is 4.79 Å². The van der Waals surface area contributed by atoms with Crippen LogP contribution in [0.15, 0.2) is 18.2 Å². The second-order valence-corrected chi connectivity index (χ2v) is 4.71. The van der Waals surface area contributed by atoms with E-state index < -0.39 is 12.0 Å². The minimum atomic E-state index is -0.746. The van der Waals surface area contributed by atoms with Crippen LogP contribution < -0.4 is 4.90 Å². The van der Waals surface area contributed by atoms with Gasteiger partial charge in [0, 0.05) is 19.2 Å². The van der Waals surface area contributed by atoms with E-state index in [0.717, 1.165) is 11.3 Å². The van der Waals surface area contributed by atoms with Gasteiger partial charge >= 0.3 is 5.97 Å². The Morgan fingerprint density at radius 3 is 2.75 bits per heavy atom. The topological polar surface area (TPSA) is 40.5 Å². The Labute approximate surface area is 95.7 Å². The quantitative estimate of drug-likeness (QED) is 0.829. The lowest BCUT2D eigenvalue weighted by atomic mass is 9.99. The number of anilines is 1. The summed E-state index contributed by atoms with van der Waals surface area (Å²) in [6.45, 7) is 4.30. The van der Waals surface area contributed by atoms with Crippen LogP contribution in [0.3, 0.4) is 0 Å². The molecule has 3 heteroatoms. The van der Waals surface area contributed by atoms with Crippen molar-refractivity contribution in [1.82, 2.24) is 0 Å². The Bertz CT molecular complexity index is 426. The summed E-state index contributed by atoms with van der Waals surface area (Å²) >= 11 is 0. The fourth-order valence-electron chi connectivity index (χ4n) is 2.24. The molecule has 1 N–H and O–H groups in total. The van der Waals surface area contributed by atoms with E-state index in [4.69, 9.17) is 5.11 Å². The lowest BCUT2D eigenvalue weighted by Gasteiger charge is -2.18. The van der Waals surface area contributed by atoms with Gasteiger partial charge in [-0.05, 0) is 23.1 Å². The molecule has 1 heterocycles. The van der Waals surface area contributed by atoms with Gasteiger partial charge in [-0.1, -0.05) is 26.0 Å². The second-order valence-electron chi connectivity index (χ2n) is 4.71. The standard InChI is InChI=1S/C13H17NO2/c1-8(2)9-4-5-11-10(6-9)7-12(13(15)16)14(11)3/h4-6,8,12H,7H2,1-3H3,(H,15,16). The number of carboxylic acid groups (broad SMARTS) is 1. The highest BCUT2D eigenvalue weighted by Crippen LogP contribution is 2.33. The maximum absolute atomic E-state index is 11.1. The van der Waals surface area contributed by atoms with Crippen LogP contribution in [-0.2, 0) is 11.2 Å². The smallest absolute Gasteiger partial charge is 0.326 e. The Morgan fingerprint density at radius 1 is 1.50 bits per heavy atom. The van der Waals surface area contributed by atoms with Crippen molar-refractivity contribution < 1.29 is 9.90 Å². The van der Waals surface area contributed by atoms with E-state index in [1.54, 1.807) is 0 Å². The van der Waals surface area contributed by atoms with Gasteiger partial charge in [0.15, 0.2) is 0 Å². The minimum absolute atomic E-state index is 0.405. The normalized spacial score (nSPS) is 19.0. The van der Waals surface area contributed by atoms with Crippen molar-refractivity contribution in [3.05, 3.63) is 29.3 Å². The van der Waals surface area contributed by atoms with E-state index in [-0.39, 0.29) is 0 Å². The Balaban J connectivity index is 2.36. The Hall–Kier alpha value is -1.51. The number of nitrogens with zero attached hydrogens (tertiary/aromatic N) is 1. The van der Waals surface area contributed by atoms with Crippen molar-refractivity contribution in [1.29, 1.82) is 0 Å². The Kier molecular flexibility index (Phi) is 2.62. The van der Waals surface area contributed by atoms with Gasteiger partial charge in [0.2, 0.25) is 0 Å². The molecule has 0 saturated heterocycles. The van der Waals surface area contributed by atoms with Crippen LogP contribution in [0, 0.1) is 0 Å². The first kappa shape index (κ1) is 11.0. The van der Waals surface area contributed by atoms with Crippen molar-refractivity contribution in [3.63, 3.8) is 0 Å². The number of likely N-dealkylation sites (N-methyl/N-ethyl adjacent to an activating group) is 1. The monoisotopic (exact) mass is 219 g/mol. The van der Waals surface area contributed by atoms with Gasteiger partial charge in [0.25, 0.3) is 0 Å². The zero-order valence-corrected chi connectivity index (χ0v) is 9.90. The van der Waals surface area contributed by atoms with Gasteiger partial charge in [0.05, 0.1) is 0 Å². The van der Waals surface area contributed by atoms with Crippen LogP contribution >= 0.6 is 0 Å². The summed E-state index contributed by atoms with van der Waals surface area (Å²) in [5.74, 6) is -0.260. The maximum atomic E-state index is 11.1. The molecule has 0 aromatic heterocycles. The maximum Gasteiger partial charge on any atom is 0.326 e. The van der Waals surface area contributed by atoms with Gasteiger partial charge in [-0.15, -0.1) is 0 Å². The van der Waals surface area contributed by atoms with Crippen LogP contribution in [-0.4, -0.2) is 24.2 Å². The molecule has 86 valence electrons. The number of fused-ring (bicyclic) bond motifs is 1. The molecule has 0 saturated carbocycles. The van der Waals surface area contributed by atoms with Crippen LogP contribution in [0.1, 0.15) is 30.9 Å². The van der Waals surface area contributed by atoms with E-state index in [0.29, 0.717) is 12.3 Å². The molecule has 2 rings (SSSR count). The van der Waals surface area contributed by atoms with Crippen molar-refractivity contribution in [3.8, 4) is 0 Å².